The molecular weight excluding hydrogens is 262 g/mol. The van der Waals surface area contributed by atoms with Crippen LogP contribution in [0.4, 0.5) is 0 Å². The molecule has 0 aliphatic heterocycles. The summed E-state index contributed by atoms with van der Waals surface area (Å²) in [5.41, 5.74) is 1.06. The second kappa shape index (κ2) is 7.48. The Labute approximate surface area is 128 Å². The highest BCUT2D eigenvalue weighted by atomic mass is 16.5. The first-order valence-corrected chi connectivity index (χ1v) is 8.07. The van der Waals surface area contributed by atoms with Gasteiger partial charge in [0.15, 0.2) is 0 Å². The molecule has 3 nitrogen and oxygen atoms in total. The van der Waals surface area contributed by atoms with Gasteiger partial charge in [-0.25, -0.2) is 0 Å². The summed E-state index contributed by atoms with van der Waals surface area (Å²) in [6, 6.07) is 8.28. The van der Waals surface area contributed by atoms with Crippen LogP contribution in [0.25, 0.3) is 0 Å². The van der Waals surface area contributed by atoms with E-state index >= 15 is 0 Å². The zero-order valence-electron chi connectivity index (χ0n) is 13.5. The predicted octanol–water partition coefficient (Wildman–Crippen LogP) is 3.66. The highest BCUT2D eigenvalue weighted by Gasteiger charge is 2.24. The Balaban J connectivity index is 1.88. The zero-order chi connectivity index (χ0) is 15.2. The number of hydrogen-bond donors (Lipinski definition) is 0. The van der Waals surface area contributed by atoms with E-state index in [0.29, 0.717) is 19.1 Å². The first-order valence-electron chi connectivity index (χ1n) is 8.07. The quantitative estimate of drug-likeness (QED) is 0.828. The van der Waals surface area contributed by atoms with Crippen molar-refractivity contribution in [2.75, 3.05) is 13.7 Å². The molecule has 1 saturated carbocycles. The molecule has 1 amide bonds. The highest BCUT2D eigenvalue weighted by molar-refractivity contribution is 5.78. The van der Waals surface area contributed by atoms with Crippen molar-refractivity contribution in [1.29, 1.82) is 0 Å². The van der Waals surface area contributed by atoms with Gasteiger partial charge in [0, 0.05) is 13.1 Å². The van der Waals surface area contributed by atoms with Gasteiger partial charge in [0.2, 0.25) is 5.91 Å². The third-order valence-corrected chi connectivity index (χ3v) is 4.52. The molecule has 0 aromatic heterocycles. The zero-order valence-corrected chi connectivity index (χ0v) is 13.5. The molecule has 0 spiro atoms. The van der Waals surface area contributed by atoms with E-state index in [0.717, 1.165) is 30.1 Å². The van der Waals surface area contributed by atoms with E-state index in [9.17, 15) is 4.79 Å². The molecule has 0 heterocycles. The van der Waals surface area contributed by atoms with Crippen molar-refractivity contribution in [3.8, 4) is 5.75 Å². The second-order valence-electron chi connectivity index (χ2n) is 6.17. The third-order valence-electron chi connectivity index (χ3n) is 4.52. The fraction of sp³-hybridized carbons (Fsp3) is 0.611. The molecule has 116 valence electrons. The minimum absolute atomic E-state index is 0.221. The maximum atomic E-state index is 12.4. The molecule has 1 fully saturated rings. The van der Waals surface area contributed by atoms with Crippen molar-refractivity contribution >= 4 is 5.91 Å². The van der Waals surface area contributed by atoms with Crippen molar-refractivity contribution in [3.05, 3.63) is 29.8 Å². The van der Waals surface area contributed by atoms with Gasteiger partial charge in [-0.15, -0.1) is 0 Å². The van der Waals surface area contributed by atoms with Crippen molar-refractivity contribution in [2.24, 2.45) is 5.92 Å². The summed E-state index contributed by atoms with van der Waals surface area (Å²) in [5, 5.41) is 0. The maximum absolute atomic E-state index is 12.4. The summed E-state index contributed by atoms with van der Waals surface area (Å²) >= 11 is 0. The molecular formula is C18H27NO2. The SMILES string of the molecule is CCOc1ccc(CC(=O)N(C)C2CCC(C)CC2)cc1. The molecule has 0 saturated heterocycles. The largest absolute Gasteiger partial charge is 0.494 e. The Morgan fingerprint density at radius 1 is 1.19 bits per heavy atom. The Bertz CT molecular complexity index is 447. The third kappa shape index (κ3) is 4.48. The first-order chi connectivity index (χ1) is 10.1. The van der Waals surface area contributed by atoms with E-state index in [1.807, 2.05) is 43.1 Å². The smallest absolute Gasteiger partial charge is 0.226 e. The Morgan fingerprint density at radius 3 is 2.38 bits per heavy atom. The average Bonchev–Trinajstić information content (AvgIpc) is 2.49. The van der Waals surface area contributed by atoms with E-state index < -0.39 is 0 Å². The standard InChI is InChI=1S/C18H27NO2/c1-4-21-17-11-7-15(8-12-17)13-18(20)19(3)16-9-5-14(2)6-10-16/h7-8,11-12,14,16H,4-6,9-10,13H2,1-3H3. The Hall–Kier alpha value is -1.51. The van der Waals surface area contributed by atoms with Gasteiger partial charge < -0.3 is 9.64 Å². The lowest BCUT2D eigenvalue weighted by Gasteiger charge is -2.33. The van der Waals surface area contributed by atoms with Crippen LogP contribution in [0.15, 0.2) is 24.3 Å². The van der Waals surface area contributed by atoms with Crippen LogP contribution in [0, 0.1) is 5.92 Å². The van der Waals surface area contributed by atoms with Gasteiger partial charge in [-0.2, -0.15) is 0 Å². The molecule has 0 unspecified atom stereocenters. The van der Waals surface area contributed by atoms with Crippen LogP contribution >= 0.6 is 0 Å². The minimum atomic E-state index is 0.221. The summed E-state index contributed by atoms with van der Waals surface area (Å²) in [4.78, 5) is 14.4. The Morgan fingerprint density at radius 2 is 1.81 bits per heavy atom. The summed E-state index contributed by atoms with van der Waals surface area (Å²) in [7, 11) is 1.96. The summed E-state index contributed by atoms with van der Waals surface area (Å²) < 4.78 is 5.42. The topological polar surface area (TPSA) is 29.5 Å². The van der Waals surface area contributed by atoms with E-state index in [1.54, 1.807) is 0 Å². The minimum Gasteiger partial charge on any atom is -0.494 e. The fourth-order valence-electron chi connectivity index (χ4n) is 3.00. The maximum Gasteiger partial charge on any atom is 0.226 e. The molecule has 2 rings (SSSR count). The Kier molecular flexibility index (Phi) is 5.66. The first kappa shape index (κ1) is 15.9. The lowest BCUT2D eigenvalue weighted by atomic mass is 9.86. The fourth-order valence-corrected chi connectivity index (χ4v) is 3.00. The van der Waals surface area contributed by atoms with Crippen molar-refractivity contribution in [1.82, 2.24) is 4.90 Å². The molecule has 0 atom stereocenters. The highest BCUT2D eigenvalue weighted by Crippen LogP contribution is 2.26. The molecule has 3 heteroatoms. The van der Waals surface area contributed by atoms with Gasteiger partial charge in [0.1, 0.15) is 5.75 Å². The van der Waals surface area contributed by atoms with Crippen LogP contribution in [0.5, 0.6) is 5.75 Å². The summed E-state index contributed by atoms with van der Waals surface area (Å²) in [6.07, 6.45) is 5.25. The normalized spacial score (nSPS) is 21.9. The molecule has 0 N–H and O–H groups in total. The van der Waals surface area contributed by atoms with E-state index in [2.05, 4.69) is 6.92 Å². The predicted molar refractivity (Wildman–Crippen MR) is 85.5 cm³/mol. The van der Waals surface area contributed by atoms with Crippen molar-refractivity contribution < 1.29 is 9.53 Å². The molecule has 0 radical (unpaired) electrons. The lowest BCUT2D eigenvalue weighted by Crippen LogP contribution is -2.40. The van der Waals surface area contributed by atoms with Crippen LogP contribution in [0.3, 0.4) is 0 Å². The van der Waals surface area contributed by atoms with Crippen LogP contribution in [0.2, 0.25) is 0 Å². The van der Waals surface area contributed by atoms with Crippen LogP contribution in [0.1, 0.15) is 45.1 Å². The molecule has 1 aliphatic rings. The number of amides is 1. The van der Waals surface area contributed by atoms with E-state index in [-0.39, 0.29) is 5.91 Å². The van der Waals surface area contributed by atoms with E-state index in [4.69, 9.17) is 4.74 Å². The number of rotatable bonds is 5. The molecule has 1 aromatic carbocycles. The van der Waals surface area contributed by atoms with Crippen molar-refractivity contribution in [3.63, 3.8) is 0 Å². The van der Waals surface area contributed by atoms with Crippen LogP contribution < -0.4 is 4.74 Å². The second-order valence-corrected chi connectivity index (χ2v) is 6.17. The van der Waals surface area contributed by atoms with Crippen LogP contribution in [-0.2, 0) is 11.2 Å². The number of likely N-dealkylation sites (N-methyl/N-ethyl adjacent to an activating group) is 1. The summed E-state index contributed by atoms with van der Waals surface area (Å²) in [5.74, 6) is 1.90. The molecule has 0 bridgehead atoms. The number of nitrogens with zero attached hydrogens (tertiary/aromatic N) is 1. The monoisotopic (exact) mass is 289 g/mol. The molecule has 21 heavy (non-hydrogen) atoms. The van der Waals surface area contributed by atoms with Gasteiger partial charge in [0.05, 0.1) is 13.0 Å². The van der Waals surface area contributed by atoms with E-state index in [1.165, 1.54) is 12.8 Å². The number of ether oxygens (including phenoxy) is 1. The van der Waals surface area contributed by atoms with Gasteiger partial charge in [-0.1, -0.05) is 19.1 Å². The average molecular weight is 289 g/mol. The van der Waals surface area contributed by atoms with Crippen LogP contribution in [-0.4, -0.2) is 30.5 Å². The van der Waals surface area contributed by atoms with Gasteiger partial charge in [-0.05, 0) is 56.2 Å². The number of benzene rings is 1. The lowest BCUT2D eigenvalue weighted by molar-refractivity contribution is -0.132. The number of hydrogen-bond acceptors (Lipinski definition) is 2. The molecule has 1 aliphatic carbocycles. The number of carbonyl (C=O) groups excluding carboxylic acids is 1. The van der Waals surface area contributed by atoms with Gasteiger partial charge in [-0.3, -0.25) is 4.79 Å². The molecule has 1 aromatic rings. The van der Waals surface area contributed by atoms with Crippen molar-refractivity contribution in [2.45, 2.75) is 52.0 Å². The number of carbonyl (C=O) groups is 1. The summed E-state index contributed by atoms with van der Waals surface area (Å²) in [6.45, 7) is 4.94. The van der Waals surface area contributed by atoms with Gasteiger partial charge in [0.25, 0.3) is 0 Å². The van der Waals surface area contributed by atoms with Gasteiger partial charge >= 0.3 is 0 Å².